The maximum atomic E-state index is 9.09. The minimum absolute atomic E-state index is 0.217. The van der Waals surface area contributed by atoms with Gasteiger partial charge in [0.2, 0.25) is 0 Å². The normalized spacial score (nSPS) is 18.8. The lowest BCUT2D eigenvalue weighted by molar-refractivity contribution is 0.0831. The third kappa shape index (κ3) is 3.67. The van der Waals surface area contributed by atoms with Gasteiger partial charge in [0.15, 0.2) is 0 Å². The SMILES string of the molecule is CCC(N(C)C)C(N)(CC#N)C(CC)N(C)C. The van der Waals surface area contributed by atoms with E-state index in [0.717, 1.165) is 12.8 Å². The molecule has 0 bridgehead atoms. The summed E-state index contributed by atoms with van der Waals surface area (Å²) in [7, 11) is 8.15. The molecule has 0 saturated carbocycles. The van der Waals surface area contributed by atoms with Crippen molar-refractivity contribution in [2.24, 2.45) is 5.73 Å². The number of rotatable bonds is 7. The molecule has 0 aliphatic rings. The minimum Gasteiger partial charge on any atom is -0.322 e. The third-order valence-corrected chi connectivity index (χ3v) is 3.65. The Balaban J connectivity index is 5.32. The zero-order valence-electron chi connectivity index (χ0n) is 12.2. The van der Waals surface area contributed by atoms with Crippen molar-refractivity contribution in [3.8, 4) is 6.07 Å². The highest BCUT2D eigenvalue weighted by atomic mass is 15.2. The summed E-state index contributed by atoms with van der Waals surface area (Å²) in [5.41, 5.74) is 6.13. The van der Waals surface area contributed by atoms with Gasteiger partial charge in [-0.25, -0.2) is 0 Å². The highest BCUT2D eigenvalue weighted by Crippen LogP contribution is 2.27. The molecule has 0 amide bonds. The number of hydrogen-bond acceptors (Lipinski definition) is 4. The van der Waals surface area contributed by atoms with E-state index in [1.54, 1.807) is 0 Å². The van der Waals surface area contributed by atoms with Crippen LogP contribution in [0.2, 0.25) is 0 Å². The zero-order valence-corrected chi connectivity index (χ0v) is 12.2. The van der Waals surface area contributed by atoms with Gasteiger partial charge in [-0.05, 0) is 41.0 Å². The van der Waals surface area contributed by atoms with E-state index in [0.29, 0.717) is 6.42 Å². The molecule has 0 rings (SSSR count). The van der Waals surface area contributed by atoms with Gasteiger partial charge < -0.3 is 15.5 Å². The van der Waals surface area contributed by atoms with Gasteiger partial charge in [-0.15, -0.1) is 0 Å². The van der Waals surface area contributed by atoms with Crippen LogP contribution in [-0.2, 0) is 0 Å². The van der Waals surface area contributed by atoms with Gasteiger partial charge >= 0.3 is 0 Å². The molecule has 2 unspecified atom stereocenters. The van der Waals surface area contributed by atoms with Gasteiger partial charge in [-0.1, -0.05) is 13.8 Å². The van der Waals surface area contributed by atoms with Crippen molar-refractivity contribution in [2.45, 2.75) is 50.7 Å². The predicted molar refractivity (Wildman–Crippen MR) is 72.7 cm³/mol. The summed E-state index contributed by atoms with van der Waals surface area (Å²) in [6, 6.07) is 2.70. The first-order valence-electron chi connectivity index (χ1n) is 6.33. The van der Waals surface area contributed by atoms with Gasteiger partial charge in [-0.2, -0.15) is 5.26 Å². The Morgan fingerprint density at radius 1 is 1.06 bits per heavy atom. The van der Waals surface area contributed by atoms with Crippen molar-refractivity contribution in [2.75, 3.05) is 28.2 Å². The number of hydrogen-bond donors (Lipinski definition) is 1. The molecule has 0 aromatic rings. The molecule has 0 heterocycles. The second-order valence-electron chi connectivity index (χ2n) is 5.22. The highest BCUT2D eigenvalue weighted by molar-refractivity contribution is 5.08. The summed E-state index contributed by atoms with van der Waals surface area (Å²) in [4.78, 5) is 4.28. The summed E-state index contributed by atoms with van der Waals surface area (Å²) in [5.74, 6) is 0. The predicted octanol–water partition coefficient (Wildman–Crippen LogP) is 1.28. The minimum atomic E-state index is -0.481. The quantitative estimate of drug-likeness (QED) is 0.728. The van der Waals surface area contributed by atoms with Crippen molar-refractivity contribution in [3.63, 3.8) is 0 Å². The lowest BCUT2D eigenvalue weighted by Gasteiger charge is -2.47. The first-order chi connectivity index (χ1) is 7.84. The van der Waals surface area contributed by atoms with E-state index in [-0.39, 0.29) is 12.1 Å². The van der Waals surface area contributed by atoms with Crippen LogP contribution in [0.4, 0.5) is 0 Å². The summed E-state index contributed by atoms with van der Waals surface area (Å²) in [6.45, 7) is 4.26. The molecule has 0 aliphatic carbocycles. The molecule has 0 saturated heterocycles. The van der Waals surface area contributed by atoms with Gasteiger partial charge in [0.1, 0.15) is 0 Å². The Hall–Kier alpha value is -0.630. The highest BCUT2D eigenvalue weighted by Gasteiger charge is 2.42. The maximum Gasteiger partial charge on any atom is 0.0642 e. The number of nitriles is 1. The molecular weight excluding hydrogens is 212 g/mol. The zero-order chi connectivity index (χ0) is 13.6. The molecule has 0 aromatic carbocycles. The van der Waals surface area contributed by atoms with E-state index in [1.165, 1.54) is 0 Å². The molecule has 2 N–H and O–H groups in total. The maximum absolute atomic E-state index is 9.09. The number of nitrogens with zero attached hydrogens (tertiary/aromatic N) is 3. The lowest BCUT2D eigenvalue weighted by Crippen LogP contribution is -2.66. The van der Waals surface area contributed by atoms with Gasteiger partial charge in [-0.3, -0.25) is 0 Å². The van der Waals surface area contributed by atoms with Crippen LogP contribution in [0.25, 0.3) is 0 Å². The average Bonchev–Trinajstić information content (AvgIpc) is 2.18. The van der Waals surface area contributed by atoms with Crippen LogP contribution in [0, 0.1) is 11.3 Å². The van der Waals surface area contributed by atoms with Crippen LogP contribution in [-0.4, -0.2) is 55.6 Å². The van der Waals surface area contributed by atoms with Crippen molar-refractivity contribution in [1.82, 2.24) is 9.80 Å². The van der Waals surface area contributed by atoms with Crippen LogP contribution >= 0.6 is 0 Å². The van der Waals surface area contributed by atoms with Gasteiger partial charge in [0.05, 0.1) is 18.0 Å². The van der Waals surface area contributed by atoms with Crippen LogP contribution in [0.15, 0.2) is 0 Å². The molecule has 4 nitrogen and oxygen atoms in total. The van der Waals surface area contributed by atoms with Gasteiger partial charge in [0, 0.05) is 12.1 Å². The van der Waals surface area contributed by atoms with E-state index in [4.69, 9.17) is 11.0 Å². The van der Waals surface area contributed by atoms with Crippen LogP contribution in [0.3, 0.4) is 0 Å². The average molecular weight is 240 g/mol. The molecule has 2 atom stereocenters. The fraction of sp³-hybridized carbons (Fsp3) is 0.923. The third-order valence-electron chi connectivity index (χ3n) is 3.65. The standard InChI is InChI=1S/C13H28N4/c1-7-11(16(3)4)13(15,9-10-14)12(8-2)17(5)6/h11-12H,7-9,15H2,1-6H3. The second-order valence-corrected chi connectivity index (χ2v) is 5.22. The van der Waals surface area contributed by atoms with Crippen molar-refractivity contribution in [1.29, 1.82) is 5.26 Å². The fourth-order valence-corrected chi connectivity index (χ4v) is 3.05. The second kappa shape index (κ2) is 6.95. The largest absolute Gasteiger partial charge is 0.322 e. The summed E-state index contributed by atoms with van der Waals surface area (Å²) < 4.78 is 0. The number of likely N-dealkylation sites (N-methyl/N-ethyl adjacent to an activating group) is 2. The molecule has 0 aliphatic heterocycles. The van der Waals surface area contributed by atoms with E-state index in [2.05, 4.69) is 29.7 Å². The molecule has 0 radical (unpaired) electrons. The fourth-order valence-electron chi connectivity index (χ4n) is 3.05. The Labute approximate surface area is 106 Å². The van der Waals surface area contributed by atoms with E-state index in [1.807, 2.05) is 28.2 Å². The van der Waals surface area contributed by atoms with Crippen molar-refractivity contribution >= 4 is 0 Å². The molecule has 4 heteroatoms. The van der Waals surface area contributed by atoms with E-state index >= 15 is 0 Å². The molecule has 0 fully saturated rings. The van der Waals surface area contributed by atoms with Crippen LogP contribution < -0.4 is 5.73 Å². The molecule has 0 aromatic heterocycles. The molecule has 100 valence electrons. The Morgan fingerprint density at radius 3 is 1.59 bits per heavy atom. The monoisotopic (exact) mass is 240 g/mol. The molecular formula is C13H28N4. The Bertz CT molecular complexity index is 239. The summed E-state index contributed by atoms with van der Waals surface area (Å²) in [6.07, 6.45) is 2.30. The molecule has 0 spiro atoms. The lowest BCUT2D eigenvalue weighted by atomic mass is 9.77. The number of nitrogens with two attached hydrogens (primary N) is 1. The van der Waals surface area contributed by atoms with Crippen LogP contribution in [0.5, 0.6) is 0 Å². The molecule has 17 heavy (non-hydrogen) atoms. The van der Waals surface area contributed by atoms with E-state index in [9.17, 15) is 0 Å². The summed E-state index contributed by atoms with van der Waals surface area (Å²) >= 11 is 0. The first-order valence-corrected chi connectivity index (χ1v) is 6.33. The summed E-state index contributed by atoms with van der Waals surface area (Å²) in [5, 5.41) is 9.09. The topological polar surface area (TPSA) is 56.3 Å². The van der Waals surface area contributed by atoms with Crippen molar-refractivity contribution < 1.29 is 0 Å². The van der Waals surface area contributed by atoms with Gasteiger partial charge in [0.25, 0.3) is 0 Å². The smallest absolute Gasteiger partial charge is 0.0642 e. The van der Waals surface area contributed by atoms with E-state index < -0.39 is 5.54 Å². The Morgan fingerprint density at radius 2 is 1.41 bits per heavy atom. The first kappa shape index (κ1) is 16.4. The van der Waals surface area contributed by atoms with Crippen molar-refractivity contribution in [3.05, 3.63) is 0 Å². The Kier molecular flexibility index (Phi) is 6.69. The van der Waals surface area contributed by atoms with Crippen LogP contribution in [0.1, 0.15) is 33.1 Å².